The average molecular weight is 192 g/mol. The Labute approximate surface area is 82.3 Å². The van der Waals surface area contributed by atoms with E-state index in [0.29, 0.717) is 11.4 Å². The molecule has 2 N–H and O–H groups in total. The molecule has 0 spiro atoms. The van der Waals surface area contributed by atoms with Crippen molar-refractivity contribution in [3.05, 3.63) is 18.2 Å². The molecule has 0 aliphatic carbocycles. The number of rotatable bonds is 0. The first-order valence-electron chi connectivity index (χ1n) is 4.43. The fourth-order valence-corrected chi connectivity index (χ4v) is 1.53. The molecular weight excluding hydrogens is 180 g/mol. The highest BCUT2D eigenvalue weighted by Gasteiger charge is 2.28. The molecule has 1 unspecified atom stereocenters. The van der Waals surface area contributed by atoms with E-state index in [9.17, 15) is 4.79 Å². The van der Waals surface area contributed by atoms with E-state index in [4.69, 9.17) is 10.5 Å². The number of ether oxygens (including phenoxy) is 1. The van der Waals surface area contributed by atoms with E-state index < -0.39 is 6.10 Å². The predicted molar refractivity (Wildman–Crippen MR) is 54.4 cm³/mol. The highest BCUT2D eigenvalue weighted by Crippen LogP contribution is 2.34. The van der Waals surface area contributed by atoms with Crippen LogP contribution in [0.15, 0.2) is 18.2 Å². The van der Waals surface area contributed by atoms with Gasteiger partial charge in [0.25, 0.3) is 5.91 Å². The molecular formula is C10H12N2O2. The van der Waals surface area contributed by atoms with Gasteiger partial charge < -0.3 is 15.4 Å². The number of likely N-dealkylation sites (N-methyl/N-ethyl adjacent to an activating group) is 1. The Kier molecular flexibility index (Phi) is 1.84. The van der Waals surface area contributed by atoms with Gasteiger partial charge in [-0.05, 0) is 25.1 Å². The Morgan fingerprint density at radius 2 is 2.21 bits per heavy atom. The molecule has 14 heavy (non-hydrogen) atoms. The zero-order valence-electron chi connectivity index (χ0n) is 8.15. The van der Waals surface area contributed by atoms with E-state index in [1.807, 2.05) is 0 Å². The minimum absolute atomic E-state index is 0.0527. The standard InChI is InChI=1S/C10H12N2O2/c1-6-10(13)12(2)8-5-7(11)3-4-9(8)14-6/h3-6H,11H2,1-2H3. The molecule has 0 radical (unpaired) electrons. The lowest BCUT2D eigenvalue weighted by Crippen LogP contribution is -2.41. The largest absolute Gasteiger partial charge is 0.479 e. The second-order valence-electron chi connectivity index (χ2n) is 3.38. The zero-order valence-corrected chi connectivity index (χ0v) is 8.15. The summed E-state index contributed by atoms with van der Waals surface area (Å²) in [4.78, 5) is 13.1. The number of amides is 1. The second kappa shape index (κ2) is 2.90. The normalized spacial score (nSPS) is 20.3. The van der Waals surface area contributed by atoms with Crippen molar-refractivity contribution in [1.29, 1.82) is 0 Å². The van der Waals surface area contributed by atoms with Gasteiger partial charge in [-0.15, -0.1) is 0 Å². The molecule has 1 aromatic rings. The van der Waals surface area contributed by atoms with Gasteiger partial charge in [0.1, 0.15) is 5.75 Å². The number of hydrogen-bond donors (Lipinski definition) is 1. The van der Waals surface area contributed by atoms with Crippen LogP contribution in [0.3, 0.4) is 0 Å². The Hall–Kier alpha value is -1.71. The van der Waals surface area contributed by atoms with E-state index in [0.717, 1.165) is 5.69 Å². The van der Waals surface area contributed by atoms with Crippen LogP contribution in [0.4, 0.5) is 11.4 Å². The summed E-state index contributed by atoms with van der Waals surface area (Å²) in [7, 11) is 1.72. The predicted octanol–water partition coefficient (Wildman–Crippen LogP) is 1.01. The van der Waals surface area contributed by atoms with Crippen molar-refractivity contribution in [3.63, 3.8) is 0 Å². The minimum atomic E-state index is -0.420. The molecule has 1 aliphatic rings. The number of carbonyl (C=O) groups is 1. The quantitative estimate of drug-likeness (QED) is 0.624. The van der Waals surface area contributed by atoms with Crippen LogP contribution in [0.25, 0.3) is 0 Å². The third-order valence-corrected chi connectivity index (χ3v) is 2.33. The van der Waals surface area contributed by atoms with Gasteiger partial charge in [-0.1, -0.05) is 0 Å². The minimum Gasteiger partial charge on any atom is -0.479 e. The number of nitrogens with two attached hydrogens (primary N) is 1. The van der Waals surface area contributed by atoms with Gasteiger partial charge in [0.05, 0.1) is 5.69 Å². The van der Waals surface area contributed by atoms with Crippen molar-refractivity contribution < 1.29 is 9.53 Å². The molecule has 0 saturated heterocycles. The number of fused-ring (bicyclic) bond motifs is 1. The van der Waals surface area contributed by atoms with Crippen LogP contribution >= 0.6 is 0 Å². The molecule has 1 amide bonds. The van der Waals surface area contributed by atoms with E-state index in [1.165, 1.54) is 0 Å². The molecule has 1 aliphatic heterocycles. The number of anilines is 2. The summed E-state index contributed by atoms with van der Waals surface area (Å²) >= 11 is 0. The number of nitrogen functional groups attached to an aromatic ring is 1. The van der Waals surface area contributed by atoms with Crippen molar-refractivity contribution >= 4 is 17.3 Å². The fraction of sp³-hybridized carbons (Fsp3) is 0.300. The third-order valence-electron chi connectivity index (χ3n) is 2.33. The molecule has 4 nitrogen and oxygen atoms in total. The highest BCUT2D eigenvalue weighted by molar-refractivity contribution is 5.99. The first-order chi connectivity index (χ1) is 6.59. The molecule has 0 fully saturated rings. The molecule has 1 atom stereocenters. The Morgan fingerprint density at radius 1 is 1.50 bits per heavy atom. The van der Waals surface area contributed by atoms with Crippen LogP contribution in [-0.2, 0) is 4.79 Å². The molecule has 2 rings (SSSR count). The van der Waals surface area contributed by atoms with Crippen molar-refractivity contribution in [3.8, 4) is 5.75 Å². The molecule has 1 heterocycles. The maximum Gasteiger partial charge on any atom is 0.267 e. The molecule has 74 valence electrons. The van der Waals surface area contributed by atoms with E-state index >= 15 is 0 Å². The van der Waals surface area contributed by atoms with Crippen molar-refractivity contribution in [1.82, 2.24) is 0 Å². The maximum atomic E-state index is 11.6. The maximum absolute atomic E-state index is 11.6. The first kappa shape index (κ1) is 8.87. The average Bonchev–Trinajstić information content (AvgIpc) is 2.16. The molecule has 4 heteroatoms. The number of carbonyl (C=O) groups excluding carboxylic acids is 1. The second-order valence-corrected chi connectivity index (χ2v) is 3.38. The highest BCUT2D eigenvalue weighted by atomic mass is 16.5. The lowest BCUT2D eigenvalue weighted by molar-refractivity contribution is -0.125. The number of benzene rings is 1. The van der Waals surface area contributed by atoms with E-state index in [1.54, 1.807) is 37.1 Å². The van der Waals surface area contributed by atoms with Gasteiger partial charge in [-0.3, -0.25) is 4.79 Å². The van der Waals surface area contributed by atoms with Gasteiger partial charge in [0, 0.05) is 12.7 Å². The van der Waals surface area contributed by atoms with Crippen LogP contribution < -0.4 is 15.4 Å². The first-order valence-corrected chi connectivity index (χ1v) is 4.43. The van der Waals surface area contributed by atoms with E-state index in [-0.39, 0.29) is 5.91 Å². The monoisotopic (exact) mass is 192 g/mol. The van der Waals surface area contributed by atoms with Crippen LogP contribution in [0.2, 0.25) is 0 Å². The zero-order chi connectivity index (χ0) is 10.3. The third kappa shape index (κ3) is 1.19. The number of hydrogen-bond acceptors (Lipinski definition) is 3. The SMILES string of the molecule is CC1Oc2ccc(N)cc2N(C)C1=O. The van der Waals surface area contributed by atoms with Crippen LogP contribution in [-0.4, -0.2) is 19.1 Å². The molecule has 1 aromatic carbocycles. The summed E-state index contributed by atoms with van der Waals surface area (Å²) < 4.78 is 5.42. The van der Waals surface area contributed by atoms with Gasteiger partial charge >= 0.3 is 0 Å². The lowest BCUT2D eigenvalue weighted by atomic mass is 10.2. The molecule has 0 saturated carbocycles. The Balaban J connectivity index is 2.51. The van der Waals surface area contributed by atoms with Gasteiger partial charge in [-0.25, -0.2) is 0 Å². The van der Waals surface area contributed by atoms with Crippen LogP contribution in [0.1, 0.15) is 6.92 Å². The van der Waals surface area contributed by atoms with Gasteiger partial charge in [-0.2, -0.15) is 0 Å². The topological polar surface area (TPSA) is 55.6 Å². The van der Waals surface area contributed by atoms with Crippen LogP contribution in [0, 0.1) is 0 Å². The van der Waals surface area contributed by atoms with Crippen molar-refractivity contribution in [2.75, 3.05) is 17.7 Å². The number of nitrogens with zero attached hydrogens (tertiary/aromatic N) is 1. The summed E-state index contributed by atoms with van der Waals surface area (Å²) in [6.07, 6.45) is -0.420. The Morgan fingerprint density at radius 3 is 2.93 bits per heavy atom. The van der Waals surface area contributed by atoms with Crippen molar-refractivity contribution in [2.24, 2.45) is 0 Å². The van der Waals surface area contributed by atoms with Gasteiger partial charge in [0.15, 0.2) is 6.10 Å². The summed E-state index contributed by atoms with van der Waals surface area (Å²) in [5.41, 5.74) is 6.99. The molecule has 0 bridgehead atoms. The summed E-state index contributed by atoms with van der Waals surface area (Å²) in [5.74, 6) is 0.650. The Bertz CT molecular complexity index is 390. The summed E-state index contributed by atoms with van der Waals surface area (Å²) in [5, 5.41) is 0. The van der Waals surface area contributed by atoms with Crippen molar-refractivity contribution in [2.45, 2.75) is 13.0 Å². The fourth-order valence-electron chi connectivity index (χ4n) is 1.53. The van der Waals surface area contributed by atoms with Crippen LogP contribution in [0.5, 0.6) is 5.75 Å². The van der Waals surface area contributed by atoms with E-state index in [2.05, 4.69) is 0 Å². The lowest BCUT2D eigenvalue weighted by Gasteiger charge is -2.30. The molecule has 0 aromatic heterocycles. The summed E-state index contributed by atoms with van der Waals surface area (Å²) in [6, 6.07) is 5.28. The van der Waals surface area contributed by atoms with Gasteiger partial charge in [0.2, 0.25) is 0 Å². The summed E-state index contributed by atoms with van der Waals surface area (Å²) in [6.45, 7) is 1.73. The smallest absolute Gasteiger partial charge is 0.267 e.